The second-order valence-electron chi connectivity index (χ2n) is 3.90. The Hall–Kier alpha value is -2.07. The fraction of sp³-hybridized carbons (Fsp3) is 0.143. The van der Waals surface area contributed by atoms with Crippen molar-refractivity contribution in [1.82, 2.24) is 4.98 Å². The molecule has 1 aromatic carbocycles. The van der Waals surface area contributed by atoms with Crippen molar-refractivity contribution < 1.29 is 9.53 Å². The number of ether oxygens (including phenoxy) is 1. The van der Waals surface area contributed by atoms with E-state index in [1.165, 1.54) is 0 Å². The maximum absolute atomic E-state index is 11.9. The molecule has 0 unspecified atom stereocenters. The minimum atomic E-state index is -0.167. The predicted octanol–water partition coefficient (Wildman–Crippen LogP) is 2.92. The lowest BCUT2D eigenvalue weighted by molar-refractivity contribution is -0.115. The lowest BCUT2D eigenvalue weighted by Gasteiger charge is -2.09. The van der Waals surface area contributed by atoms with Gasteiger partial charge < -0.3 is 10.1 Å². The molecule has 19 heavy (non-hydrogen) atoms. The van der Waals surface area contributed by atoms with E-state index in [4.69, 9.17) is 16.3 Å². The standard InChI is InChI=1S/C14H13ClN2O2/c1-19-12-6-5-11(15)8-10(12)9-14(18)17-13-4-2-3-7-16-13/h2-8H,9H2,1H3,(H,16,17,18). The Labute approximate surface area is 116 Å². The molecule has 98 valence electrons. The number of carbonyl (C=O) groups excluding carboxylic acids is 1. The summed E-state index contributed by atoms with van der Waals surface area (Å²) in [6.07, 6.45) is 1.80. The second kappa shape index (κ2) is 6.20. The average Bonchev–Trinajstić information content (AvgIpc) is 2.40. The SMILES string of the molecule is COc1ccc(Cl)cc1CC(=O)Nc1ccccn1. The highest BCUT2D eigenvalue weighted by atomic mass is 35.5. The van der Waals surface area contributed by atoms with Crippen molar-refractivity contribution in [2.75, 3.05) is 12.4 Å². The predicted molar refractivity (Wildman–Crippen MR) is 74.6 cm³/mol. The first-order chi connectivity index (χ1) is 9.19. The number of nitrogens with zero attached hydrogens (tertiary/aromatic N) is 1. The number of rotatable bonds is 4. The molecule has 0 spiro atoms. The second-order valence-corrected chi connectivity index (χ2v) is 4.33. The number of halogens is 1. The number of hydrogen-bond acceptors (Lipinski definition) is 3. The van der Waals surface area contributed by atoms with Gasteiger partial charge in [0.25, 0.3) is 0 Å². The van der Waals surface area contributed by atoms with Crippen molar-refractivity contribution in [2.45, 2.75) is 6.42 Å². The zero-order chi connectivity index (χ0) is 13.7. The van der Waals surface area contributed by atoms with Crippen LogP contribution in [-0.4, -0.2) is 18.0 Å². The van der Waals surface area contributed by atoms with Gasteiger partial charge in [0, 0.05) is 16.8 Å². The summed E-state index contributed by atoms with van der Waals surface area (Å²) < 4.78 is 5.20. The molecule has 0 saturated carbocycles. The summed E-state index contributed by atoms with van der Waals surface area (Å²) >= 11 is 5.92. The summed E-state index contributed by atoms with van der Waals surface area (Å²) in [7, 11) is 1.56. The van der Waals surface area contributed by atoms with Crippen LogP contribution in [0.5, 0.6) is 5.75 Å². The molecule has 0 bridgehead atoms. The van der Waals surface area contributed by atoms with Crippen molar-refractivity contribution in [3.05, 3.63) is 53.2 Å². The van der Waals surface area contributed by atoms with E-state index < -0.39 is 0 Å². The van der Waals surface area contributed by atoms with Crippen LogP contribution in [-0.2, 0) is 11.2 Å². The van der Waals surface area contributed by atoms with Crippen molar-refractivity contribution in [2.24, 2.45) is 0 Å². The van der Waals surface area contributed by atoms with E-state index in [-0.39, 0.29) is 12.3 Å². The van der Waals surface area contributed by atoms with Crippen LogP contribution in [0, 0.1) is 0 Å². The van der Waals surface area contributed by atoms with Crippen LogP contribution in [0.4, 0.5) is 5.82 Å². The van der Waals surface area contributed by atoms with Gasteiger partial charge in [-0.05, 0) is 30.3 Å². The molecule has 0 aliphatic carbocycles. The summed E-state index contributed by atoms with van der Waals surface area (Å²) in [5, 5.41) is 3.28. The minimum Gasteiger partial charge on any atom is -0.496 e. The van der Waals surface area contributed by atoms with Gasteiger partial charge in [0.1, 0.15) is 11.6 Å². The number of hydrogen-bond donors (Lipinski definition) is 1. The number of carbonyl (C=O) groups is 1. The molecule has 0 radical (unpaired) electrons. The fourth-order valence-electron chi connectivity index (χ4n) is 1.68. The first-order valence-corrected chi connectivity index (χ1v) is 6.10. The largest absolute Gasteiger partial charge is 0.496 e. The molecule has 4 nitrogen and oxygen atoms in total. The Morgan fingerprint density at radius 1 is 1.37 bits per heavy atom. The molecule has 0 saturated heterocycles. The summed E-state index contributed by atoms with van der Waals surface area (Å²) in [5.41, 5.74) is 0.739. The highest BCUT2D eigenvalue weighted by Crippen LogP contribution is 2.23. The number of nitrogens with one attached hydrogen (secondary N) is 1. The van der Waals surface area contributed by atoms with Crippen molar-refractivity contribution in [3.63, 3.8) is 0 Å². The van der Waals surface area contributed by atoms with Crippen molar-refractivity contribution in [1.29, 1.82) is 0 Å². The molecule has 1 heterocycles. The van der Waals surface area contributed by atoms with E-state index in [0.717, 1.165) is 5.56 Å². The van der Waals surface area contributed by atoms with Crippen LogP contribution in [0.3, 0.4) is 0 Å². The smallest absolute Gasteiger partial charge is 0.230 e. The van der Waals surface area contributed by atoms with Crippen LogP contribution in [0.1, 0.15) is 5.56 Å². The monoisotopic (exact) mass is 276 g/mol. The van der Waals surface area contributed by atoms with Gasteiger partial charge >= 0.3 is 0 Å². The van der Waals surface area contributed by atoms with Crippen LogP contribution in [0.25, 0.3) is 0 Å². The van der Waals surface area contributed by atoms with Gasteiger partial charge in [0.2, 0.25) is 5.91 Å². The van der Waals surface area contributed by atoms with Gasteiger partial charge in [-0.15, -0.1) is 0 Å². The van der Waals surface area contributed by atoms with Gasteiger partial charge in [0.05, 0.1) is 13.5 Å². The topological polar surface area (TPSA) is 51.2 Å². The molecular weight excluding hydrogens is 264 g/mol. The van der Waals surface area contributed by atoms with Gasteiger partial charge in [-0.1, -0.05) is 17.7 Å². The van der Waals surface area contributed by atoms with Crippen LogP contribution >= 0.6 is 11.6 Å². The maximum atomic E-state index is 11.9. The molecule has 2 rings (SSSR count). The third kappa shape index (κ3) is 3.69. The van der Waals surface area contributed by atoms with Gasteiger partial charge in [-0.25, -0.2) is 4.98 Å². The molecule has 1 aromatic heterocycles. The Balaban J connectivity index is 2.09. The maximum Gasteiger partial charge on any atom is 0.230 e. The zero-order valence-corrected chi connectivity index (χ0v) is 11.1. The summed E-state index contributed by atoms with van der Waals surface area (Å²) in [5.74, 6) is 0.994. The summed E-state index contributed by atoms with van der Waals surface area (Å²) in [6.45, 7) is 0. The molecule has 0 aliphatic heterocycles. The van der Waals surface area contributed by atoms with Crippen LogP contribution < -0.4 is 10.1 Å². The number of benzene rings is 1. The van der Waals surface area contributed by atoms with E-state index in [1.54, 1.807) is 43.6 Å². The minimum absolute atomic E-state index is 0.167. The number of amides is 1. The summed E-state index contributed by atoms with van der Waals surface area (Å²) in [6, 6.07) is 10.5. The Morgan fingerprint density at radius 2 is 2.21 bits per heavy atom. The molecule has 0 fully saturated rings. The Kier molecular flexibility index (Phi) is 4.36. The molecule has 0 atom stereocenters. The zero-order valence-electron chi connectivity index (χ0n) is 10.4. The van der Waals surface area contributed by atoms with E-state index in [2.05, 4.69) is 10.3 Å². The van der Waals surface area contributed by atoms with E-state index in [9.17, 15) is 4.79 Å². The van der Waals surface area contributed by atoms with Gasteiger partial charge in [-0.3, -0.25) is 4.79 Å². The fourth-order valence-corrected chi connectivity index (χ4v) is 1.88. The Bertz CT molecular complexity index is 573. The summed E-state index contributed by atoms with van der Waals surface area (Å²) in [4.78, 5) is 15.9. The molecular formula is C14H13ClN2O2. The molecule has 1 N–H and O–H groups in total. The lowest BCUT2D eigenvalue weighted by atomic mass is 10.1. The van der Waals surface area contributed by atoms with E-state index in [0.29, 0.717) is 16.6 Å². The van der Waals surface area contributed by atoms with Gasteiger partial charge in [-0.2, -0.15) is 0 Å². The number of anilines is 1. The third-order valence-electron chi connectivity index (χ3n) is 2.53. The number of pyridine rings is 1. The van der Waals surface area contributed by atoms with Gasteiger partial charge in [0.15, 0.2) is 0 Å². The highest BCUT2D eigenvalue weighted by molar-refractivity contribution is 6.30. The molecule has 0 aliphatic rings. The Morgan fingerprint density at radius 3 is 2.89 bits per heavy atom. The molecule has 2 aromatic rings. The van der Waals surface area contributed by atoms with Crippen molar-refractivity contribution in [3.8, 4) is 5.75 Å². The lowest BCUT2D eigenvalue weighted by Crippen LogP contribution is -2.15. The quantitative estimate of drug-likeness (QED) is 0.934. The number of methoxy groups -OCH3 is 1. The third-order valence-corrected chi connectivity index (χ3v) is 2.76. The van der Waals surface area contributed by atoms with Crippen LogP contribution in [0.15, 0.2) is 42.6 Å². The van der Waals surface area contributed by atoms with E-state index >= 15 is 0 Å². The average molecular weight is 277 g/mol. The highest BCUT2D eigenvalue weighted by Gasteiger charge is 2.10. The number of aromatic nitrogens is 1. The normalized spacial score (nSPS) is 10.0. The molecule has 5 heteroatoms. The first-order valence-electron chi connectivity index (χ1n) is 5.72. The first kappa shape index (κ1) is 13.4. The van der Waals surface area contributed by atoms with Crippen LogP contribution in [0.2, 0.25) is 5.02 Å². The van der Waals surface area contributed by atoms with Crippen molar-refractivity contribution >= 4 is 23.3 Å². The van der Waals surface area contributed by atoms with E-state index in [1.807, 2.05) is 6.07 Å². The molecule has 1 amide bonds.